The molecule has 0 bridgehead atoms. The molecule has 0 spiro atoms. The average Bonchev–Trinajstić information content (AvgIpc) is 2.38. The van der Waals surface area contributed by atoms with Gasteiger partial charge in [0.1, 0.15) is 12.4 Å². The van der Waals surface area contributed by atoms with Gasteiger partial charge in [-0.3, -0.25) is 9.69 Å². The molecule has 18 heavy (non-hydrogen) atoms. The van der Waals surface area contributed by atoms with Crippen LogP contribution >= 0.6 is 0 Å². The summed E-state index contributed by atoms with van der Waals surface area (Å²) >= 11 is 0. The van der Waals surface area contributed by atoms with Gasteiger partial charge in [-0.05, 0) is 25.2 Å². The molecule has 0 saturated heterocycles. The van der Waals surface area contributed by atoms with Gasteiger partial charge in [0.15, 0.2) is 0 Å². The quantitative estimate of drug-likeness (QED) is 0.800. The second-order valence-electron chi connectivity index (χ2n) is 3.90. The van der Waals surface area contributed by atoms with E-state index in [1.807, 2.05) is 11.9 Å². The van der Waals surface area contributed by atoms with E-state index in [-0.39, 0.29) is 5.91 Å². The number of hydrogen-bond acceptors (Lipinski definition) is 4. The predicted molar refractivity (Wildman–Crippen MR) is 68.2 cm³/mol. The minimum absolute atomic E-state index is 0.0241. The van der Waals surface area contributed by atoms with Gasteiger partial charge in [0.05, 0.1) is 18.2 Å². The minimum atomic E-state index is -0.0241. The molecule has 0 aliphatic rings. The van der Waals surface area contributed by atoms with Gasteiger partial charge >= 0.3 is 0 Å². The topological polar surface area (TPSA) is 65.4 Å². The lowest BCUT2D eigenvalue weighted by atomic mass is 10.2. The monoisotopic (exact) mass is 247 g/mol. The summed E-state index contributed by atoms with van der Waals surface area (Å²) in [7, 11) is 3.46. The minimum Gasteiger partial charge on any atom is -0.492 e. The predicted octanol–water partition coefficient (Wildman–Crippen LogP) is 0.615. The van der Waals surface area contributed by atoms with Crippen molar-refractivity contribution in [3.63, 3.8) is 0 Å². The lowest BCUT2D eigenvalue weighted by Crippen LogP contribution is -2.35. The molecule has 0 heterocycles. The van der Waals surface area contributed by atoms with Crippen LogP contribution in [0.3, 0.4) is 0 Å². The van der Waals surface area contributed by atoms with Gasteiger partial charge in [0.25, 0.3) is 0 Å². The second kappa shape index (κ2) is 7.30. The summed E-state index contributed by atoms with van der Waals surface area (Å²) in [5.41, 5.74) is 0.575. The third-order valence-corrected chi connectivity index (χ3v) is 2.40. The van der Waals surface area contributed by atoms with Crippen LogP contribution in [0.2, 0.25) is 0 Å². The third-order valence-electron chi connectivity index (χ3n) is 2.40. The SMILES string of the molecule is CNC(=O)CN(C)CCOc1cccc(C#N)c1. The molecule has 96 valence electrons. The van der Waals surface area contributed by atoms with E-state index in [4.69, 9.17) is 10.00 Å². The Morgan fingerprint density at radius 3 is 3.00 bits per heavy atom. The summed E-state index contributed by atoms with van der Waals surface area (Å²) in [6, 6.07) is 9.06. The van der Waals surface area contributed by atoms with Gasteiger partial charge in [-0.25, -0.2) is 0 Å². The van der Waals surface area contributed by atoms with Crippen molar-refractivity contribution in [2.75, 3.05) is 33.8 Å². The van der Waals surface area contributed by atoms with Crippen molar-refractivity contribution in [2.45, 2.75) is 0 Å². The van der Waals surface area contributed by atoms with Crippen LogP contribution in [0.15, 0.2) is 24.3 Å². The fourth-order valence-electron chi connectivity index (χ4n) is 1.38. The molecule has 0 aromatic heterocycles. The summed E-state index contributed by atoms with van der Waals surface area (Å²) < 4.78 is 5.51. The third kappa shape index (κ3) is 4.85. The number of carbonyl (C=O) groups excluding carboxylic acids is 1. The van der Waals surface area contributed by atoms with E-state index < -0.39 is 0 Å². The van der Waals surface area contributed by atoms with E-state index in [1.165, 1.54) is 0 Å². The van der Waals surface area contributed by atoms with Crippen LogP contribution in [-0.4, -0.2) is 44.6 Å². The molecule has 0 aliphatic heterocycles. The highest BCUT2D eigenvalue weighted by Crippen LogP contribution is 2.12. The summed E-state index contributed by atoms with van der Waals surface area (Å²) in [5, 5.41) is 11.3. The number of amides is 1. The van der Waals surface area contributed by atoms with Gasteiger partial charge in [-0.15, -0.1) is 0 Å². The Morgan fingerprint density at radius 1 is 1.56 bits per heavy atom. The van der Waals surface area contributed by atoms with Gasteiger partial charge in [0.2, 0.25) is 5.91 Å². The molecule has 0 saturated carbocycles. The molecule has 1 amide bonds. The molecule has 0 atom stereocenters. The zero-order chi connectivity index (χ0) is 13.4. The molecular weight excluding hydrogens is 230 g/mol. The highest BCUT2D eigenvalue weighted by atomic mass is 16.5. The van der Waals surface area contributed by atoms with Crippen LogP contribution in [0.25, 0.3) is 0 Å². The lowest BCUT2D eigenvalue weighted by molar-refractivity contribution is -0.121. The molecule has 0 unspecified atom stereocenters. The molecule has 0 radical (unpaired) electrons. The average molecular weight is 247 g/mol. The van der Waals surface area contributed by atoms with E-state index in [1.54, 1.807) is 31.3 Å². The van der Waals surface area contributed by atoms with Crippen LogP contribution in [-0.2, 0) is 4.79 Å². The van der Waals surface area contributed by atoms with E-state index in [2.05, 4.69) is 11.4 Å². The fraction of sp³-hybridized carbons (Fsp3) is 0.385. The number of hydrogen-bond donors (Lipinski definition) is 1. The van der Waals surface area contributed by atoms with Gasteiger partial charge < -0.3 is 10.1 Å². The molecule has 5 heteroatoms. The van der Waals surface area contributed by atoms with Crippen LogP contribution in [0.4, 0.5) is 0 Å². The van der Waals surface area contributed by atoms with Crippen molar-refractivity contribution >= 4 is 5.91 Å². The molecule has 1 aromatic rings. The first-order valence-corrected chi connectivity index (χ1v) is 5.68. The van der Waals surface area contributed by atoms with E-state index in [0.29, 0.717) is 31.0 Å². The Balaban J connectivity index is 2.33. The van der Waals surface area contributed by atoms with Crippen LogP contribution in [0, 0.1) is 11.3 Å². The molecule has 0 aliphatic carbocycles. The van der Waals surface area contributed by atoms with Crippen molar-refractivity contribution in [1.82, 2.24) is 10.2 Å². The first-order chi connectivity index (χ1) is 8.65. The number of ether oxygens (including phenoxy) is 1. The van der Waals surface area contributed by atoms with Gasteiger partial charge in [0, 0.05) is 13.6 Å². The summed E-state index contributed by atoms with van der Waals surface area (Å²) in [5.74, 6) is 0.645. The Labute approximate surface area is 107 Å². The number of likely N-dealkylation sites (N-methyl/N-ethyl adjacent to an activating group) is 2. The van der Waals surface area contributed by atoms with Crippen molar-refractivity contribution in [3.05, 3.63) is 29.8 Å². The van der Waals surface area contributed by atoms with Crippen molar-refractivity contribution in [3.8, 4) is 11.8 Å². The van der Waals surface area contributed by atoms with Crippen LogP contribution < -0.4 is 10.1 Å². The lowest BCUT2D eigenvalue weighted by Gasteiger charge is -2.15. The molecule has 0 fully saturated rings. The zero-order valence-electron chi connectivity index (χ0n) is 10.6. The van der Waals surface area contributed by atoms with Crippen molar-refractivity contribution in [2.24, 2.45) is 0 Å². The van der Waals surface area contributed by atoms with E-state index in [0.717, 1.165) is 0 Å². The molecule has 5 nitrogen and oxygen atoms in total. The van der Waals surface area contributed by atoms with Crippen LogP contribution in [0.5, 0.6) is 5.75 Å². The Hall–Kier alpha value is -2.06. The highest BCUT2D eigenvalue weighted by Gasteiger charge is 2.04. The molecular formula is C13H17N3O2. The summed E-state index contributed by atoms with van der Waals surface area (Å²) in [6.07, 6.45) is 0. The Bertz CT molecular complexity index is 440. The number of nitrogens with one attached hydrogen (secondary N) is 1. The van der Waals surface area contributed by atoms with Gasteiger partial charge in [-0.2, -0.15) is 5.26 Å². The smallest absolute Gasteiger partial charge is 0.233 e. The maximum absolute atomic E-state index is 11.1. The number of nitriles is 1. The summed E-state index contributed by atoms with van der Waals surface area (Å²) in [4.78, 5) is 13.0. The largest absolute Gasteiger partial charge is 0.492 e. The Kier molecular flexibility index (Phi) is 5.68. The van der Waals surface area contributed by atoms with Crippen molar-refractivity contribution < 1.29 is 9.53 Å². The van der Waals surface area contributed by atoms with Crippen LogP contribution in [0.1, 0.15) is 5.56 Å². The normalized spacial score (nSPS) is 9.89. The number of nitrogens with zero attached hydrogens (tertiary/aromatic N) is 2. The number of benzene rings is 1. The maximum atomic E-state index is 11.1. The Morgan fingerprint density at radius 2 is 2.33 bits per heavy atom. The molecule has 1 rings (SSSR count). The molecule has 1 N–H and O–H groups in total. The number of carbonyl (C=O) groups is 1. The van der Waals surface area contributed by atoms with E-state index in [9.17, 15) is 4.79 Å². The summed E-state index contributed by atoms with van der Waals surface area (Å²) in [6.45, 7) is 1.46. The molecule has 1 aromatic carbocycles. The fourth-order valence-corrected chi connectivity index (χ4v) is 1.38. The highest BCUT2D eigenvalue weighted by molar-refractivity contribution is 5.77. The first-order valence-electron chi connectivity index (χ1n) is 5.68. The van der Waals surface area contributed by atoms with E-state index >= 15 is 0 Å². The number of rotatable bonds is 6. The van der Waals surface area contributed by atoms with Crippen molar-refractivity contribution in [1.29, 1.82) is 5.26 Å². The first kappa shape index (κ1) is 14.0. The second-order valence-corrected chi connectivity index (χ2v) is 3.90. The standard InChI is InChI=1S/C13H17N3O2/c1-15-13(17)10-16(2)6-7-18-12-5-3-4-11(8-12)9-14/h3-5,8H,6-7,10H2,1-2H3,(H,15,17). The van der Waals surface area contributed by atoms with Gasteiger partial charge in [-0.1, -0.05) is 6.07 Å². The maximum Gasteiger partial charge on any atom is 0.233 e. The zero-order valence-corrected chi connectivity index (χ0v) is 10.6.